The van der Waals surface area contributed by atoms with Gasteiger partial charge in [-0.1, -0.05) is 0 Å². The first kappa shape index (κ1) is 20.2. The second-order valence-corrected chi connectivity index (χ2v) is 11.2. The Balaban J connectivity index is 1.89. The van der Waals surface area contributed by atoms with E-state index in [4.69, 9.17) is 4.42 Å². The number of nitrogens with zero attached hydrogens (tertiary/aromatic N) is 3. The van der Waals surface area contributed by atoms with Crippen LogP contribution in [0.1, 0.15) is 17.3 Å². The third kappa shape index (κ3) is 4.86. The lowest BCUT2D eigenvalue weighted by atomic mass is 10.1. The van der Waals surface area contributed by atoms with Crippen LogP contribution in [0.15, 0.2) is 26.0 Å². The topological polar surface area (TPSA) is 122 Å². The molecule has 0 amide bonds. The average Bonchev–Trinajstić information content (AvgIpc) is 2.92. The van der Waals surface area contributed by atoms with E-state index in [9.17, 15) is 16.8 Å². The Hall–Kier alpha value is -1.50. The number of hydrogen-bond acceptors (Lipinski definition) is 8. The molecule has 2 aromatic rings. The predicted octanol–water partition coefficient (Wildman–Crippen LogP) is 1.03. The number of fused-ring (bicyclic) bond motifs is 1. The summed E-state index contributed by atoms with van der Waals surface area (Å²) in [6.07, 6.45) is 3.17. The highest BCUT2D eigenvalue weighted by Gasteiger charge is 2.28. The summed E-state index contributed by atoms with van der Waals surface area (Å²) >= 11 is 3.25. The minimum atomic E-state index is -3.95. The molecular weight excluding hydrogens is 460 g/mol. The van der Waals surface area contributed by atoms with Crippen LogP contribution >= 0.6 is 15.9 Å². The quantitative estimate of drug-likeness (QED) is 0.652. The summed E-state index contributed by atoms with van der Waals surface area (Å²) in [6.45, 7) is 2.47. The van der Waals surface area contributed by atoms with Crippen molar-refractivity contribution >= 4 is 41.6 Å². The van der Waals surface area contributed by atoms with Crippen molar-refractivity contribution in [2.75, 3.05) is 30.0 Å². The molecule has 1 N–H and O–H groups in total. The Kier molecular flexibility index (Phi) is 5.62. The number of anilines is 1. The molecule has 27 heavy (non-hydrogen) atoms. The van der Waals surface area contributed by atoms with Gasteiger partial charge in [-0.3, -0.25) is 0 Å². The Morgan fingerprint density at radius 2 is 2.07 bits per heavy atom. The molecule has 12 heteroatoms. The molecule has 0 fully saturated rings. The second kappa shape index (κ2) is 7.49. The fourth-order valence-electron chi connectivity index (χ4n) is 2.80. The van der Waals surface area contributed by atoms with Crippen LogP contribution in [0.2, 0.25) is 0 Å². The van der Waals surface area contributed by atoms with E-state index in [-0.39, 0.29) is 23.0 Å². The van der Waals surface area contributed by atoms with E-state index >= 15 is 0 Å². The molecule has 0 aliphatic carbocycles. The highest BCUT2D eigenvalue weighted by atomic mass is 79.9. The lowest BCUT2D eigenvalue weighted by Gasteiger charge is -2.28. The summed E-state index contributed by atoms with van der Waals surface area (Å²) in [5.74, 6) is 1.38. The zero-order valence-corrected chi connectivity index (χ0v) is 18.0. The first-order valence-corrected chi connectivity index (χ1v) is 12.4. The van der Waals surface area contributed by atoms with Gasteiger partial charge in [0, 0.05) is 43.4 Å². The van der Waals surface area contributed by atoms with Crippen molar-refractivity contribution < 1.29 is 21.3 Å². The van der Waals surface area contributed by atoms with Crippen molar-refractivity contribution in [1.82, 2.24) is 14.7 Å². The van der Waals surface area contributed by atoms with Crippen molar-refractivity contribution in [3.05, 3.63) is 34.1 Å². The van der Waals surface area contributed by atoms with Gasteiger partial charge in [0.15, 0.2) is 5.89 Å². The van der Waals surface area contributed by atoms with E-state index in [1.165, 1.54) is 12.3 Å². The molecule has 2 aromatic heterocycles. The third-order valence-electron chi connectivity index (χ3n) is 3.99. The Bertz CT molecular complexity index is 1070. The average molecular weight is 479 g/mol. The lowest BCUT2D eigenvalue weighted by molar-refractivity contribution is 0.463. The SMILES string of the molecule is Cc1nc2c(o1)CCN(c1ncc(Br)cc1S(=O)(=O)NCCS(C)(=O)=O)C2. The van der Waals surface area contributed by atoms with E-state index in [0.29, 0.717) is 29.9 Å². The van der Waals surface area contributed by atoms with Crippen LogP contribution in [0.4, 0.5) is 5.82 Å². The largest absolute Gasteiger partial charge is 0.446 e. The molecule has 0 aromatic carbocycles. The number of nitrogens with one attached hydrogen (secondary N) is 1. The highest BCUT2D eigenvalue weighted by Crippen LogP contribution is 2.30. The first-order valence-electron chi connectivity index (χ1n) is 8.08. The maximum absolute atomic E-state index is 12.8. The lowest BCUT2D eigenvalue weighted by Crippen LogP contribution is -2.34. The third-order valence-corrected chi connectivity index (χ3v) is 6.83. The van der Waals surface area contributed by atoms with Gasteiger partial charge in [0.25, 0.3) is 0 Å². The van der Waals surface area contributed by atoms with Crippen molar-refractivity contribution in [1.29, 1.82) is 0 Å². The number of sulfone groups is 1. The van der Waals surface area contributed by atoms with Crippen LogP contribution in [0.5, 0.6) is 0 Å². The van der Waals surface area contributed by atoms with Gasteiger partial charge in [-0.2, -0.15) is 0 Å². The minimum absolute atomic E-state index is 0.0194. The van der Waals surface area contributed by atoms with E-state index in [0.717, 1.165) is 17.7 Å². The zero-order valence-electron chi connectivity index (χ0n) is 14.8. The number of sulfonamides is 1. The molecular formula is C15H19BrN4O5S2. The van der Waals surface area contributed by atoms with Crippen LogP contribution in [-0.2, 0) is 32.8 Å². The van der Waals surface area contributed by atoms with Crippen molar-refractivity contribution in [2.45, 2.75) is 24.8 Å². The van der Waals surface area contributed by atoms with Crippen LogP contribution < -0.4 is 9.62 Å². The van der Waals surface area contributed by atoms with Crippen LogP contribution in [0.3, 0.4) is 0 Å². The predicted molar refractivity (Wildman–Crippen MR) is 103 cm³/mol. The molecule has 3 heterocycles. The monoisotopic (exact) mass is 478 g/mol. The smallest absolute Gasteiger partial charge is 0.244 e. The summed E-state index contributed by atoms with van der Waals surface area (Å²) in [5.41, 5.74) is 0.761. The van der Waals surface area contributed by atoms with Gasteiger partial charge in [-0.05, 0) is 22.0 Å². The van der Waals surface area contributed by atoms with E-state index < -0.39 is 19.9 Å². The van der Waals surface area contributed by atoms with Gasteiger partial charge < -0.3 is 9.32 Å². The summed E-state index contributed by atoms with van der Waals surface area (Å²) in [6, 6.07) is 1.45. The van der Waals surface area contributed by atoms with Crippen LogP contribution in [0, 0.1) is 6.92 Å². The molecule has 1 aliphatic rings. The number of aryl methyl sites for hydroxylation is 1. The van der Waals surface area contributed by atoms with Gasteiger partial charge >= 0.3 is 0 Å². The summed E-state index contributed by atoms with van der Waals surface area (Å²) in [7, 11) is -7.23. The van der Waals surface area contributed by atoms with Gasteiger partial charge in [-0.15, -0.1) is 0 Å². The summed E-state index contributed by atoms with van der Waals surface area (Å²) in [5, 5.41) is 0. The number of hydrogen-bond donors (Lipinski definition) is 1. The fraction of sp³-hybridized carbons (Fsp3) is 0.467. The molecule has 0 unspecified atom stereocenters. The summed E-state index contributed by atoms with van der Waals surface area (Å²) in [4.78, 5) is 10.4. The standard InChI is InChI=1S/C15H19BrN4O5S2/c1-10-19-12-9-20(5-3-13(12)25-10)15-14(7-11(16)8-17-15)27(23,24)18-4-6-26(2,21)22/h7-8,18H,3-6,9H2,1-2H3. The van der Waals surface area contributed by atoms with Gasteiger partial charge in [-0.25, -0.2) is 31.5 Å². The first-order chi connectivity index (χ1) is 12.5. The maximum atomic E-state index is 12.8. The maximum Gasteiger partial charge on any atom is 0.244 e. The number of rotatable bonds is 6. The molecule has 0 saturated heterocycles. The number of oxazole rings is 1. The van der Waals surface area contributed by atoms with Crippen molar-refractivity contribution in [3.63, 3.8) is 0 Å². The molecule has 148 valence electrons. The zero-order chi connectivity index (χ0) is 19.8. The Morgan fingerprint density at radius 3 is 2.78 bits per heavy atom. The molecule has 0 spiro atoms. The van der Waals surface area contributed by atoms with Crippen LogP contribution in [-0.4, -0.2) is 51.9 Å². The molecule has 0 atom stereocenters. The Morgan fingerprint density at radius 1 is 1.33 bits per heavy atom. The molecule has 9 nitrogen and oxygen atoms in total. The number of pyridine rings is 1. The molecule has 0 radical (unpaired) electrons. The van der Waals surface area contributed by atoms with E-state index in [1.807, 2.05) is 4.90 Å². The molecule has 0 saturated carbocycles. The van der Waals surface area contributed by atoms with Crippen molar-refractivity contribution in [3.8, 4) is 0 Å². The highest BCUT2D eigenvalue weighted by molar-refractivity contribution is 9.10. The second-order valence-electron chi connectivity index (χ2n) is 6.28. The van der Waals surface area contributed by atoms with E-state index in [1.54, 1.807) is 6.92 Å². The van der Waals surface area contributed by atoms with E-state index in [2.05, 4.69) is 30.6 Å². The number of aromatic nitrogens is 2. The normalized spacial score (nSPS) is 15.0. The fourth-order valence-corrected chi connectivity index (χ4v) is 5.11. The minimum Gasteiger partial charge on any atom is -0.446 e. The van der Waals surface area contributed by atoms with Crippen molar-refractivity contribution in [2.24, 2.45) is 0 Å². The van der Waals surface area contributed by atoms with Gasteiger partial charge in [0.1, 0.15) is 32.0 Å². The molecule has 1 aliphatic heterocycles. The molecule has 0 bridgehead atoms. The summed E-state index contributed by atoms with van der Waals surface area (Å²) < 4.78 is 56.4. The molecule has 3 rings (SSSR count). The Labute approximate surface area is 166 Å². The van der Waals surface area contributed by atoms with Gasteiger partial charge in [0.05, 0.1) is 12.3 Å². The number of halogens is 1. The van der Waals surface area contributed by atoms with Gasteiger partial charge in [0.2, 0.25) is 10.0 Å². The van der Waals surface area contributed by atoms with Crippen LogP contribution in [0.25, 0.3) is 0 Å².